The van der Waals surface area contributed by atoms with Crippen molar-refractivity contribution in [3.8, 4) is 0 Å². The molecule has 2 saturated heterocycles. The minimum Gasteiger partial charge on any atom is -0.342 e. The Labute approximate surface area is 166 Å². The molecule has 146 valence electrons. The highest BCUT2D eigenvalue weighted by molar-refractivity contribution is 5.93. The van der Waals surface area contributed by atoms with Crippen molar-refractivity contribution >= 4 is 11.8 Å². The van der Waals surface area contributed by atoms with Gasteiger partial charge in [0.15, 0.2) is 0 Å². The topological polar surface area (TPSA) is 53.5 Å². The van der Waals surface area contributed by atoms with E-state index in [4.69, 9.17) is 0 Å². The van der Waals surface area contributed by atoms with Gasteiger partial charge < -0.3 is 9.80 Å². The minimum atomic E-state index is -0.393. The first-order chi connectivity index (χ1) is 13.7. The highest BCUT2D eigenvalue weighted by Gasteiger charge is 2.49. The van der Waals surface area contributed by atoms with Gasteiger partial charge in [-0.2, -0.15) is 0 Å². The zero-order valence-electron chi connectivity index (χ0n) is 16.2. The number of aromatic nitrogens is 1. The molecule has 2 aliphatic rings. The predicted molar refractivity (Wildman–Crippen MR) is 108 cm³/mol. The third-order valence-corrected chi connectivity index (χ3v) is 6.09. The van der Waals surface area contributed by atoms with E-state index in [2.05, 4.69) is 29.2 Å². The molecule has 2 aliphatic heterocycles. The molecule has 5 heteroatoms. The Morgan fingerprint density at radius 1 is 1.04 bits per heavy atom. The average Bonchev–Trinajstić information content (AvgIpc) is 3.17. The molecule has 2 amide bonds. The van der Waals surface area contributed by atoms with E-state index in [1.165, 1.54) is 5.56 Å². The maximum atomic E-state index is 13.3. The molecule has 1 aromatic carbocycles. The van der Waals surface area contributed by atoms with Gasteiger partial charge in [0.1, 0.15) is 5.69 Å². The molecule has 5 nitrogen and oxygen atoms in total. The van der Waals surface area contributed by atoms with Crippen molar-refractivity contribution in [1.82, 2.24) is 14.8 Å². The van der Waals surface area contributed by atoms with Crippen LogP contribution in [0.1, 0.15) is 41.7 Å². The quantitative estimate of drug-likeness (QED) is 0.804. The van der Waals surface area contributed by atoms with Crippen LogP contribution >= 0.6 is 0 Å². The number of nitrogens with zero attached hydrogens (tertiary/aromatic N) is 3. The van der Waals surface area contributed by atoms with Crippen LogP contribution in [0, 0.1) is 5.41 Å². The summed E-state index contributed by atoms with van der Waals surface area (Å²) in [5, 5.41) is 0. The van der Waals surface area contributed by atoms with Crippen LogP contribution in [0.4, 0.5) is 0 Å². The maximum Gasteiger partial charge on any atom is 0.272 e. The first-order valence-corrected chi connectivity index (χ1v) is 10.2. The van der Waals surface area contributed by atoms with Crippen LogP contribution in [-0.2, 0) is 11.2 Å². The molecule has 0 N–H and O–H groups in total. The molecule has 1 spiro atoms. The molecule has 1 aromatic heterocycles. The first-order valence-electron chi connectivity index (χ1n) is 10.2. The number of carbonyl (C=O) groups is 2. The SMILES string of the molecule is O=C(c1ccccn1)N1CC[C@@]2(CCCN(CCCc3ccccc3)C2=O)C1. The summed E-state index contributed by atoms with van der Waals surface area (Å²) in [4.78, 5) is 34.0. The fraction of sp³-hybridized carbons (Fsp3) is 0.435. The zero-order valence-corrected chi connectivity index (χ0v) is 16.2. The van der Waals surface area contributed by atoms with Gasteiger partial charge in [-0.25, -0.2) is 0 Å². The highest BCUT2D eigenvalue weighted by atomic mass is 16.2. The number of carbonyl (C=O) groups excluding carboxylic acids is 2. The summed E-state index contributed by atoms with van der Waals surface area (Å²) < 4.78 is 0. The first kappa shape index (κ1) is 18.7. The largest absolute Gasteiger partial charge is 0.342 e. The molecule has 2 aromatic rings. The van der Waals surface area contributed by atoms with Gasteiger partial charge in [-0.1, -0.05) is 36.4 Å². The number of hydrogen-bond acceptors (Lipinski definition) is 3. The van der Waals surface area contributed by atoms with E-state index in [9.17, 15) is 9.59 Å². The normalized spacial score (nSPS) is 22.1. The lowest BCUT2D eigenvalue weighted by atomic mass is 9.78. The molecule has 0 aliphatic carbocycles. The lowest BCUT2D eigenvalue weighted by Gasteiger charge is -2.39. The standard InChI is InChI=1S/C23H27N3O2/c27-21(20-11-4-5-14-24-20)26-17-13-23(18-26)12-7-16-25(22(23)28)15-6-10-19-8-2-1-3-9-19/h1-5,8-9,11,14H,6-7,10,12-13,15-18H2/t23-/m0/s1. The van der Waals surface area contributed by atoms with E-state index in [1.54, 1.807) is 18.3 Å². The van der Waals surface area contributed by atoms with Gasteiger partial charge in [-0.05, 0) is 49.8 Å². The van der Waals surface area contributed by atoms with Crippen molar-refractivity contribution in [2.45, 2.75) is 32.1 Å². The van der Waals surface area contributed by atoms with Crippen molar-refractivity contribution < 1.29 is 9.59 Å². The van der Waals surface area contributed by atoms with Crippen molar-refractivity contribution in [1.29, 1.82) is 0 Å². The summed E-state index contributed by atoms with van der Waals surface area (Å²) in [5.41, 5.74) is 1.38. The molecule has 1 atom stereocenters. The average molecular weight is 377 g/mol. The van der Waals surface area contributed by atoms with Crippen molar-refractivity contribution in [2.24, 2.45) is 5.41 Å². The molecule has 2 fully saturated rings. The molecule has 4 rings (SSSR count). The van der Waals surface area contributed by atoms with E-state index >= 15 is 0 Å². The van der Waals surface area contributed by atoms with Gasteiger partial charge in [0.25, 0.3) is 5.91 Å². The van der Waals surface area contributed by atoms with E-state index < -0.39 is 5.41 Å². The Kier molecular flexibility index (Phi) is 5.42. The second-order valence-electron chi connectivity index (χ2n) is 7.96. The number of rotatable bonds is 5. The van der Waals surface area contributed by atoms with Crippen LogP contribution < -0.4 is 0 Å². The second-order valence-corrected chi connectivity index (χ2v) is 7.96. The van der Waals surface area contributed by atoms with E-state index in [0.29, 0.717) is 18.8 Å². The Bertz CT molecular complexity index is 824. The third-order valence-electron chi connectivity index (χ3n) is 6.09. The van der Waals surface area contributed by atoms with Gasteiger partial charge in [-0.3, -0.25) is 14.6 Å². The van der Waals surface area contributed by atoms with Crippen LogP contribution in [0.5, 0.6) is 0 Å². The number of benzene rings is 1. The fourth-order valence-corrected chi connectivity index (χ4v) is 4.56. The monoisotopic (exact) mass is 377 g/mol. The Balaban J connectivity index is 1.37. The van der Waals surface area contributed by atoms with Crippen molar-refractivity contribution in [2.75, 3.05) is 26.2 Å². The number of aryl methyl sites for hydroxylation is 1. The lowest BCUT2D eigenvalue weighted by Crippen LogP contribution is -2.50. The Morgan fingerprint density at radius 3 is 2.64 bits per heavy atom. The van der Waals surface area contributed by atoms with Crippen molar-refractivity contribution in [3.63, 3.8) is 0 Å². The molecule has 28 heavy (non-hydrogen) atoms. The third kappa shape index (κ3) is 3.79. The van der Waals surface area contributed by atoms with Crippen LogP contribution in [0.15, 0.2) is 54.7 Å². The summed E-state index contributed by atoms with van der Waals surface area (Å²) >= 11 is 0. The molecule has 0 radical (unpaired) electrons. The summed E-state index contributed by atoms with van der Waals surface area (Å²) in [5.74, 6) is 0.176. The van der Waals surface area contributed by atoms with Gasteiger partial charge in [0, 0.05) is 32.4 Å². The van der Waals surface area contributed by atoms with Crippen LogP contribution in [0.3, 0.4) is 0 Å². The van der Waals surface area contributed by atoms with E-state index in [0.717, 1.165) is 45.2 Å². The Morgan fingerprint density at radius 2 is 1.86 bits per heavy atom. The summed E-state index contributed by atoms with van der Waals surface area (Å²) in [7, 11) is 0. The summed E-state index contributed by atoms with van der Waals surface area (Å²) in [6.45, 7) is 2.79. The number of piperidine rings is 1. The lowest BCUT2D eigenvalue weighted by molar-refractivity contribution is -0.145. The molecular weight excluding hydrogens is 350 g/mol. The van der Waals surface area contributed by atoms with Gasteiger partial charge in [0.05, 0.1) is 5.41 Å². The smallest absolute Gasteiger partial charge is 0.272 e. The van der Waals surface area contributed by atoms with Gasteiger partial charge in [0.2, 0.25) is 5.91 Å². The van der Waals surface area contributed by atoms with Gasteiger partial charge in [-0.15, -0.1) is 0 Å². The predicted octanol–water partition coefficient (Wildman–Crippen LogP) is 3.17. The molecule has 3 heterocycles. The second kappa shape index (κ2) is 8.13. The van der Waals surface area contributed by atoms with E-state index in [-0.39, 0.29) is 11.8 Å². The number of amides is 2. The van der Waals surface area contributed by atoms with Crippen LogP contribution in [-0.4, -0.2) is 52.8 Å². The van der Waals surface area contributed by atoms with Gasteiger partial charge >= 0.3 is 0 Å². The van der Waals surface area contributed by atoms with Crippen LogP contribution in [0.2, 0.25) is 0 Å². The molecular formula is C23H27N3O2. The highest BCUT2D eigenvalue weighted by Crippen LogP contribution is 2.40. The Hall–Kier alpha value is -2.69. The number of likely N-dealkylation sites (tertiary alicyclic amines) is 2. The summed E-state index contributed by atoms with van der Waals surface area (Å²) in [6, 6.07) is 15.8. The van der Waals surface area contributed by atoms with Crippen LogP contribution in [0.25, 0.3) is 0 Å². The molecule has 0 bridgehead atoms. The number of pyridine rings is 1. The van der Waals surface area contributed by atoms with Crippen molar-refractivity contribution in [3.05, 3.63) is 66.0 Å². The minimum absolute atomic E-state index is 0.0634. The molecule has 0 saturated carbocycles. The maximum absolute atomic E-state index is 13.3. The summed E-state index contributed by atoms with van der Waals surface area (Å²) in [6.07, 6.45) is 6.26. The zero-order chi connectivity index (χ0) is 19.4. The molecule has 0 unspecified atom stereocenters. The number of hydrogen-bond donors (Lipinski definition) is 0. The van der Waals surface area contributed by atoms with E-state index in [1.807, 2.05) is 21.9 Å². The fourth-order valence-electron chi connectivity index (χ4n) is 4.56.